The van der Waals surface area contributed by atoms with Crippen LogP contribution in [0.2, 0.25) is 0 Å². The molecule has 1 aliphatic rings. The molecule has 19 heavy (non-hydrogen) atoms. The van der Waals surface area contributed by atoms with Crippen LogP contribution in [0.1, 0.15) is 30.6 Å². The Balaban J connectivity index is 2.25. The minimum Gasteiger partial charge on any atom is -0.368 e. The van der Waals surface area contributed by atoms with E-state index in [1.165, 1.54) is 6.07 Å². The maximum Gasteiger partial charge on any atom is 0.419 e. The number of hydrogen-bond acceptors (Lipinski definition) is 2. The predicted molar refractivity (Wildman–Crippen MR) is 62.2 cm³/mol. The number of nitrogens with one attached hydrogen (secondary N) is 1. The van der Waals surface area contributed by atoms with Gasteiger partial charge in [0.25, 0.3) is 0 Å². The first kappa shape index (κ1) is 14.3. The van der Waals surface area contributed by atoms with Crippen molar-refractivity contribution in [3.63, 3.8) is 0 Å². The number of halogens is 4. The van der Waals surface area contributed by atoms with Crippen LogP contribution in [-0.4, -0.2) is 19.2 Å². The molecule has 1 saturated heterocycles. The van der Waals surface area contributed by atoms with Gasteiger partial charge < -0.3 is 10.1 Å². The van der Waals surface area contributed by atoms with Gasteiger partial charge in [0.15, 0.2) is 0 Å². The van der Waals surface area contributed by atoms with Crippen molar-refractivity contribution in [3.05, 3.63) is 35.1 Å². The van der Waals surface area contributed by atoms with E-state index in [9.17, 15) is 17.6 Å². The van der Waals surface area contributed by atoms with Gasteiger partial charge >= 0.3 is 6.18 Å². The Morgan fingerprint density at radius 1 is 1.32 bits per heavy atom. The van der Waals surface area contributed by atoms with Gasteiger partial charge in [0.05, 0.1) is 17.8 Å². The Kier molecular flexibility index (Phi) is 4.10. The third-order valence-corrected chi connectivity index (χ3v) is 3.18. The van der Waals surface area contributed by atoms with Crippen molar-refractivity contribution in [3.8, 4) is 0 Å². The first-order chi connectivity index (χ1) is 8.91. The zero-order valence-electron chi connectivity index (χ0n) is 10.4. The van der Waals surface area contributed by atoms with Crippen molar-refractivity contribution in [2.75, 3.05) is 13.1 Å². The highest BCUT2D eigenvalue weighted by atomic mass is 19.4. The fraction of sp³-hybridized carbons (Fsp3) is 0.538. The van der Waals surface area contributed by atoms with Crippen molar-refractivity contribution in [2.45, 2.75) is 31.7 Å². The van der Waals surface area contributed by atoms with Crippen molar-refractivity contribution in [1.29, 1.82) is 0 Å². The quantitative estimate of drug-likeness (QED) is 0.838. The molecule has 0 saturated carbocycles. The second-order valence-electron chi connectivity index (χ2n) is 4.55. The summed E-state index contributed by atoms with van der Waals surface area (Å²) in [6, 6.07) is 3.02. The van der Waals surface area contributed by atoms with Crippen LogP contribution in [0.5, 0.6) is 0 Å². The van der Waals surface area contributed by atoms with Gasteiger partial charge in [-0.25, -0.2) is 4.39 Å². The van der Waals surface area contributed by atoms with Crippen LogP contribution < -0.4 is 5.32 Å². The zero-order chi connectivity index (χ0) is 14.0. The second kappa shape index (κ2) is 5.46. The van der Waals surface area contributed by atoms with Crippen LogP contribution in [0.4, 0.5) is 17.6 Å². The molecule has 0 aliphatic carbocycles. The second-order valence-corrected chi connectivity index (χ2v) is 4.55. The first-order valence-electron chi connectivity index (χ1n) is 6.14. The molecule has 106 valence electrons. The van der Waals surface area contributed by atoms with Gasteiger partial charge in [-0.2, -0.15) is 13.2 Å². The molecule has 0 radical (unpaired) electrons. The number of hydrogen-bond donors (Lipinski definition) is 1. The zero-order valence-corrected chi connectivity index (χ0v) is 10.4. The Hall–Kier alpha value is -1.14. The SMILES string of the molecule is CCC1CNCC(c2ccc(F)c(C(F)(F)F)c2)O1. The third kappa shape index (κ3) is 3.25. The van der Waals surface area contributed by atoms with E-state index in [4.69, 9.17) is 4.74 Å². The standard InChI is InChI=1S/C13H15F4NO/c1-2-9-6-18-7-12(19-9)8-3-4-11(14)10(5-8)13(15,16)17/h3-5,9,12,18H,2,6-7H2,1H3. The summed E-state index contributed by atoms with van der Waals surface area (Å²) in [7, 11) is 0. The van der Waals surface area contributed by atoms with E-state index >= 15 is 0 Å². The number of rotatable bonds is 2. The molecule has 1 aromatic carbocycles. The molecule has 1 fully saturated rings. The molecule has 1 aliphatic heterocycles. The minimum atomic E-state index is -4.69. The average molecular weight is 277 g/mol. The Bertz CT molecular complexity index is 447. The third-order valence-electron chi connectivity index (χ3n) is 3.18. The van der Waals surface area contributed by atoms with Crippen molar-refractivity contribution < 1.29 is 22.3 Å². The minimum absolute atomic E-state index is 0.0295. The lowest BCUT2D eigenvalue weighted by Gasteiger charge is -2.31. The summed E-state index contributed by atoms with van der Waals surface area (Å²) < 4.78 is 56.8. The summed E-state index contributed by atoms with van der Waals surface area (Å²) in [5.41, 5.74) is -0.897. The fourth-order valence-electron chi connectivity index (χ4n) is 2.10. The lowest BCUT2D eigenvalue weighted by molar-refractivity contribution is -0.140. The molecule has 2 atom stereocenters. The number of alkyl halides is 3. The van der Waals surface area contributed by atoms with Gasteiger partial charge in [-0.3, -0.25) is 0 Å². The topological polar surface area (TPSA) is 21.3 Å². The highest BCUT2D eigenvalue weighted by Gasteiger charge is 2.35. The van der Waals surface area contributed by atoms with E-state index in [0.717, 1.165) is 18.6 Å². The van der Waals surface area contributed by atoms with Crippen molar-refractivity contribution >= 4 is 0 Å². The maximum atomic E-state index is 13.2. The molecule has 0 bridgehead atoms. The smallest absolute Gasteiger partial charge is 0.368 e. The summed E-state index contributed by atoms with van der Waals surface area (Å²) in [5, 5.41) is 3.11. The van der Waals surface area contributed by atoms with Crippen LogP contribution >= 0.6 is 0 Å². The summed E-state index contributed by atoms with van der Waals surface area (Å²) in [6.45, 7) is 3.06. The number of morpholine rings is 1. The Morgan fingerprint density at radius 2 is 2.05 bits per heavy atom. The average Bonchev–Trinajstić information content (AvgIpc) is 2.38. The summed E-state index contributed by atoms with van der Waals surface area (Å²) in [4.78, 5) is 0. The van der Waals surface area contributed by atoms with E-state index in [1.54, 1.807) is 0 Å². The maximum absolute atomic E-state index is 13.2. The van der Waals surface area contributed by atoms with Crippen LogP contribution in [0.3, 0.4) is 0 Å². The Labute approximate surface area is 108 Å². The molecule has 1 aromatic rings. The molecule has 2 unspecified atom stereocenters. The lowest BCUT2D eigenvalue weighted by atomic mass is 10.0. The van der Waals surface area contributed by atoms with Gasteiger partial charge in [-0.15, -0.1) is 0 Å². The van der Waals surface area contributed by atoms with E-state index in [0.29, 0.717) is 18.7 Å². The van der Waals surface area contributed by atoms with Crippen LogP contribution in [-0.2, 0) is 10.9 Å². The molecule has 1 heterocycles. The summed E-state index contributed by atoms with van der Waals surface area (Å²) in [5.74, 6) is -1.26. The molecule has 1 N–H and O–H groups in total. The summed E-state index contributed by atoms with van der Waals surface area (Å²) in [6.07, 6.45) is -4.41. The Morgan fingerprint density at radius 3 is 2.68 bits per heavy atom. The van der Waals surface area contributed by atoms with Gasteiger partial charge in [0.2, 0.25) is 0 Å². The monoisotopic (exact) mass is 277 g/mol. The molecule has 0 spiro atoms. The van der Waals surface area contributed by atoms with Crippen LogP contribution in [0, 0.1) is 5.82 Å². The van der Waals surface area contributed by atoms with Gasteiger partial charge in [-0.05, 0) is 24.1 Å². The first-order valence-corrected chi connectivity index (χ1v) is 6.14. The van der Waals surface area contributed by atoms with E-state index in [-0.39, 0.29) is 6.10 Å². The molecular weight excluding hydrogens is 262 g/mol. The molecule has 2 rings (SSSR count). The molecular formula is C13H15F4NO. The van der Waals surface area contributed by atoms with E-state index in [2.05, 4.69) is 5.32 Å². The highest BCUT2D eigenvalue weighted by Crippen LogP contribution is 2.34. The van der Waals surface area contributed by atoms with Crippen molar-refractivity contribution in [1.82, 2.24) is 5.32 Å². The molecule has 2 nitrogen and oxygen atoms in total. The van der Waals surface area contributed by atoms with Crippen LogP contribution in [0.25, 0.3) is 0 Å². The number of ether oxygens (including phenoxy) is 1. The molecule has 0 amide bonds. The molecule has 6 heteroatoms. The summed E-state index contributed by atoms with van der Waals surface area (Å²) >= 11 is 0. The van der Waals surface area contributed by atoms with Crippen molar-refractivity contribution in [2.24, 2.45) is 0 Å². The van der Waals surface area contributed by atoms with Gasteiger partial charge in [0, 0.05) is 13.1 Å². The highest BCUT2D eigenvalue weighted by molar-refractivity contribution is 5.29. The van der Waals surface area contributed by atoms with Gasteiger partial charge in [0.1, 0.15) is 5.82 Å². The van der Waals surface area contributed by atoms with Gasteiger partial charge in [-0.1, -0.05) is 13.0 Å². The van der Waals surface area contributed by atoms with E-state index < -0.39 is 23.7 Å². The number of benzene rings is 1. The fourth-order valence-corrected chi connectivity index (χ4v) is 2.10. The van der Waals surface area contributed by atoms with Crippen LogP contribution in [0.15, 0.2) is 18.2 Å². The molecule has 0 aromatic heterocycles. The lowest BCUT2D eigenvalue weighted by Crippen LogP contribution is -2.40. The normalized spacial score (nSPS) is 24.5. The van der Waals surface area contributed by atoms with E-state index in [1.807, 2.05) is 6.92 Å². The predicted octanol–water partition coefficient (Wildman–Crippen LogP) is 3.28. The largest absolute Gasteiger partial charge is 0.419 e.